The van der Waals surface area contributed by atoms with Crippen molar-refractivity contribution in [2.24, 2.45) is 0 Å². The molecule has 1 heterocycles. The Hall–Kier alpha value is -2.18. The minimum absolute atomic E-state index is 0.000568. The van der Waals surface area contributed by atoms with Gasteiger partial charge in [0.1, 0.15) is 0 Å². The fraction of sp³-hybridized carbons (Fsp3) is 0.412. The number of ether oxygens (including phenoxy) is 3. The van der Waals surface area contributed by atoms with E-state index < -0.39 is 21.0 Å². The number of para-hydroxylation sites is 1. The van der Waals surface area contributed by atoms with Gasteiger partial charge in [-0.25, -0.2) is 8.42 Å². The van der Waals surface area contributed by atoms with E-state index in [0.29, 0.717) is 11.1 Å². The zero-order valence-corrected chi connectivity index (χ0v) is 17.8. The third-order valence-corrected chi connectivity index (χ3v) is 5.72. The smallest absolute Gasteiger partial charge is 0.355 e. The molecular formula is C17H21F2N3O5S2. The second-order valence-electron chi connectivity index (χ2n) is 5.65. The SMILES string of the molecule is COCc1cccc(C(SC)c2nc(OC)cc(OC)n2)c1NS(=O)(=O)C(F)F. The number of thioether (sulfide) groups is 1. The summed E-state index contributed by atoms with van der Waals surface area (Å²) in [6, 6.07) is 6.35. The molecular weight excluding hydrogens is 428 g/mol. The van der Waals surface area contributed by atoms with E-state index in [1.54, 1.807) is 24.5 Å². The molecule has 0 aliphatic heterocycles. The fourth-order valence-electron chi connectivity index (χ4n) is 2.54. The summed E-state index contributed by atoms with van der Waals surface area (Å²) in [6.45, 7) is 0.0122. The minimum atomic E-state index is -4.90. The molecule has 29 heavy (non-hydrogen) atoms. The van der Waals surface area contributed by atoms with Gasteiger partial charge in [-0.2, -0.15) is 18.7 Å². The number of rotatable bonds is 10. The average molecular weight is 450 g/mol. The number of hydrogen-bond acceptors (Lipinski definition) is 8. The normalized spacial score (nSPS) is 12.7. The van der Waals surface area contributed by atoms with Crippen molar-refractivity contribution in [3.8, 4) is 11.8 Å². The molecule has 1 N–H and O–H groups in total. The highest BCUT2D eigenvalue weighted by Gasteiger charge is 2.29. The maximum atomic E-state index is 13.0. The van der Waals surface area contributed by atoms with Crippen LogP contribution >= 0.6 is 11.8 Å². The Labute approximate surface area is 172 Å². The van der Waals surface area contributed by atoms with E-state index >= 15 is 0 Å². The van der Waals surface area contributed by atoms with Gasteiger partial charge in [0.15, 0.2) is 5.82 Å². The monoisotopic (exact) mass is 449 g/mol. The van der Waals surface area contributed by atoms with Gasteiger partial charge in [-0.15, -0.1) is 11.8 Å². The number of anilines is 1. The second kappa shape index (κ2) is 10.0. The number of sulfonamides is 1. The Morgan fingerprint density at radius 2 is 1.76 bits per heavy atom. The molecule has 0 aliphatic rings. The van der Waals surface area contributed by atoms with E-state index in [2.05, 4.69) is 9.97 Å². The lowest BCUT2D eigenvalue weighted by molar-refractivity contribution is 0.185. The number of aromatic nitrogens is 2. The molecule has 0 fully saturated rings. The van der Waals surface area contributed by atoms with E-state index in [1.165, 1.54) is 39.2 Å². The zero-order valence-electron chi connectivity index (χ0n) is 16.2. The molecule has 1 aromatic carbocycles. The Morgan fingerprint density at radius 1 is 1.14 bits per heavy atom. The van der Waals surface area contributed by atoms with Gasteiger partial charge in [0.2, 0.25) is 11.8 Å². The Bertz CT molecular complexity index is 922. The molecule has 8 nitrogen and oxygen atoms in total. The minimum Gasteiger partial charge on any atom is -0.481 e. The van der Waals surface area contributed by atoms with Crippen molar-refractivity contribution in [2.75, 3.05) is 32.3 Å². The molecule has 0 saturated carbocycles. The van der Waals surface area contributed by atoms with Gasteiger partial charge < -0.3 is 14.2 Å². The van der Waals surface area contributed by atoms with Crippen molar-refractivity contribution >= 4 is 27.5 Å². The number of benzene rings is 1. The van der Waals surface area contributed by atoms with E-state index in [9.17, 15) is 17.2 Å². The molecule has 0 radical (unpaired) electrons. The highest BCUT2D eigenvalue weighted by atomic mass is 32.2. The Kier molecular flexibility index (Phi) is 7.99. The number of hydrogen-bond donors (Lipinski definition) is 1. The van der Waals surface area contributed by atoms with Crippen LogP contribution in [0.2, 0.25) is 0 Å². The lowest BCUT2D eigenvalue weighted by atomic mass is 10.0. The Balaban J connectivity index is 2.66. The molecule has 1 unspecified atom stereocenters. The summed E-state index contributed by atoms with van der Waals surface area (Å²) in [5.74, 6) is -2.84. The van der Waals surface area contributed by atoms with Crippen molar-refractivity contribution in [2.45, 2.75) is 17.6 Å². The summed E-state index contributed by atoms with van der Waals surface area (Å²) in [5, 5.41) is -0.605. The van der Waals surface area contributed by atoms with Gasteiger partial charge in [0.25, 0.3) is 10.0 Å². The molecule has 2 rings (SSSR count). The topological polar surface area (TPSA) is 99.6 Å². The fourth-order valence-corrected chi connectivity index (χ4v) is 3.93. The molecule has 12 heteroatoms. The van der Waals surface area contributed by atoms with E-state index in [-0.39, 0.29) is 29.9 Å². The predicted molar refractivity (Wildman–Crippen MR) is 106 cm³/mol. The molecule has 0 amide bonds. The van der Waals surface area contributed by atoms with Crippen molar-refractivity contribution < 1.29 is 31.4 Å². The summed E-state index contributed by atoms with van der Waals surface area (Å²) in [6.07, 6.45) is 1.76. The molecule has 0 saturated heterocycles. The van der Waals surface area contributed by atoms with Gasteiger partial charge in [0.05, 0.1) is 37.8 Å². The number of methoxy groups -OCH3 is 3. The number of nitrogens with one attached hydrogen (secondary N) is 1. The molecule has 0 bridgehead atoms. The van der Waals surface area contributed by atoms with Gasteiger partial charge in [-0.1, -0.05) is 18.2 Å². The number of alkyl halides is 2. The first-order valence-electron chi connectivity index (χ1n) is 8.17. The molecule has 1 atom stereocenters. The summed E-state index contributed by atoms with van der Waals surface area (Å²) in [5.41, 5.74) is 0.786. The van der Waals surface area contributed by atoms with Gasteiger partial charge in [0, 0.05) is 12.7 Å². The van der Waals surface area contributed by atoms with Crippen LogP contribution < -0.4 is 14.2 Å². The highest BCUT2D eigenvalue weighted by molar-refractivity contribution is 7.99. The molecule has 0 spiro atoms. The molecule has 1 aromatic heterocycles. The highest BCUT2D eigenvalue weighted by Crippen LogP contribution is 2.40. The summed E-state index contributed by atoms with van der Waals surface area (Å²) >= 11 is 1.29. The summed E-state index contributed by atoms with van der Waals surface area (Å²) in [4.78, 5) is 8.61. The second-order valence-corrected chi connectivity index (χ2v) is 8.24. The third-order valence-electron chi connectivity index (χ3n) is 3.83. The van der Waals surface area contributed by atoms with Crippen LogP contribution in [0, 0.1) is 0 Å². The van der Waals surface area contributed by atoms with Gasteiger partial charge >= 0.3 is 5.76 Å². The maximum absolute atomic E-state index is 13.0. The van der Waals surface area contributed by atoms with Gasteiger partial charge in [-0.05, 0) is 11.8 Å². The zero-order chi connectivity index (χ0) is 21.6. The van der Waals surface area contributed by atoms with E-state index in [1.807, 2.05) is 4.72 Å². The van der Waals surface area contributed by atoms with E-state index in [4.69, 9.17) is 14.2 Å². The lowest BCUT2D eigenvalue weighted by Crippen LogP contribution is -2.23. The largest absolute Gasteiger partial charge is 0.481 e. The standard InChI is InChI=1S/C17H21F2N3O5S2/c1-25-9-10-6-5-7-11(14(10)22-29(23,24)17(18)19)15(28-4)16-20-12(26-2)8-13(21-16)27-3/h5-8,15,17,22H,9H2,1-4H3. The van der Waals surface area contributed by atoms with Crippen LogP contribution in [-0.2, 0) is 21.4 Å². The van der Waals surface area contributed by atoms with Crippen LogP contribution in [0.4, 0.5) is 14.5 Å². The predicted octanol–water partition coefficient (Wildman–Crippen LogP) is 3.06. The van der Waals surface area contributed by atoms with Crippen LogP contribution in [0.5, 0.6) is 11.8 Å². The molecule has 2 aromatic rings. The summed E-state index contributed by atoms with van der Waals surface area (Å²) < 4.78 is 67.2. The first-order valence-corrected chi connectivity index (χ1v) is 11.0. The van der Waals surface area contributed by atoms with Crippen molar-refractivity contribution in [3.63, 3.8) is 0 Å². The van der Waals surface area contributed by atoms with Crippen molar-refractivity contribution in [1.29, 1.82) is 0 Å². The molecule has 0 aliphatic carbocycles. The van der Waals surface area contributed by atoms with Gasteiger partial charge in [-0.3, -0.25) is 4.72 Å². The van der Waals surface area contributed by atoms with Crippen LogP contribution in [-0.4, -0.2) is 51.7 Å². The Morgan fingerprint density at radius 3 is 2.24 bits per heavy atom. The number of halogens is 2. The maximum Gasteiger partial charge on any atom is 0.355 e. The van der Waals surface area contributed by atoms with Crippen LogP contribution in [0.25, 0.3) is 0 Å². The quantitative estimate of drug-likeness (QED) is 0.591. The van der Waals surface area contributed by atoms with Crippen LogP contribution in [0.3, 0.4) is 0 Å². The number of nitrogens with zero attached hydrogens (tertiary/aromatic N) is 2. The first kappa shape index (κ1) is 23.1. The molecule has 160 valence electrons. The first-order chi connectivity index (χ1) is 13.8. The summed E-state index contributed by atoms with van der Waals surface area (Å²) in [7, 11) is -0.622. The average Bonchev–Trinajstić information content (AvgIpc) is 2.70. The van der Waals surface area contributed by atoms with Crippen LogP contribution in [0.15, 0.2) is 24.3 Å². The van der Waals surface area contributed by atoms with E-state index in [0.717, 1.165) is 0 Å². The van der Waals surface area contributed by atoms with Crippen LogP contribution in [0.1, 0.15) is 22.2 Å². The van der Waals surface area contributed by atoms with Crippen molar-refractivity contribution in [1.82, 2.24) is 9.97 Å². The lowest BCUT2D eigenvalue weighted by Gasteiger charge is -2.21. The third kappa shape index (κ3) is 5.46. The van der Waals surface area contributed by atoms with Crippen molar-refractivity contribution in [3.05, 3.63) is 41.2 Å².